The Morgan fingerprint density at radius 2 is 1.95 bits per heavy atom. The van der Waals surface area contributed by atoms with E-state index in [1.165, 1.54) is 43.9 Å². The van der Waals surface area contributed by atoms with Crippen molar-refractivity contribution in [2.24, 2.45) is 40.4 Å². The fourth-order valence-corrected chi connectivity index (χ4v) is 10.6. The summed E-state index contributed by atoms with van der Waals surface area (Å²) >= 11 is 2.46. The molecule has 0 aromatic heterocycles. The van der Waals surface area contributed by atoms with Crippen LogP contribution in [0.4, 0.5) is 0 Å². The first kappa shape index (κ1) is 27.5. The van der Waals surface area contributed by atoms with E-state index in [-0.39, 0.29) is 23.4 Å². The summed E-state index contributed by atoms with van der Waals surface area (Å²) in [4.78, 5) is 22.9. The zero-order valence-corrected chi connectivity index (χ0v) is 25.7. The van der Waals surface area contributed by atoms with Crippen molar-refractivity contribution in [3.8, 4) is 0 Å². The maximum absolute atomic E-state index is 11.6. The van der Waals surface area contributed by atoms with Crippen molar-refractivity contribution in [3.05, 3.63) is 23.0 Å². The molecule has 1 saturated heterocycles. The first-order valence-corrected chi connectivity index (χ1v) is 15.8. The maximum Gasteiger partial charge on any atom is 0.302 e. The fourth-order valence-electron chi connectivity index (χ4n) is 9.69. The Hall–Kier alpha value is -1.05. The second-order valence-corrected chi connectivity index (χ2v) is 15.1. The molecule has 0 aromatic carbocycles. The van der Waals surface area contributed by atoms with Crippen LogP contribution in [0, 0.1) is 40.4 Å². The van der Waals surface area contributed by atoms with Gasteiger partial charge in [0.15, 0.2) is 0 Å². The second kappa shape index (κ2) is 10.2. The zero-order chi connectivity index (χ0) is 26.7. The van der Waals surface area contributed by atoms with Gasteiger partial charge in [-0.15, -0.1) is 0 Å². The molecule has 5 rings (SSSR count). The van der Waals surface area contributed by atoms with Crippen molar-refractivity contribution in [3.63, 3.8) is 0 Å². The molecule has 10 atom stereocenters. The first-order chi connectivity index (χ1) is 17.4. The number of hydrogen-bond donors (Lipinski definition) is 1. The van der Waals surface area contributed by atoms with E-state index < -0.39 is 0 Å². The Balaban J connectivity index is 1.31. The standard InChI is InChI=1S/C31H46INO4/c1-17(13-22(32)16-33-19(3)34)29-18(2)28-27(37-29)15-26-24-8-7-21-14-23(36-20(4)35)9-11-30(21,5)25(24)10-12-31(26,28)6/h7,18,22-28H,8-16H2,1-6H3,(H,33,34)/b29-17+/t18-,22+,23+,24+,25-,26+,27-,28-,30+,31+/m1/s1. The lowest BCUT2D eigenvalue weighted by atomic mass is 9.47. The number of halogens is 1. The minimum absolute atomic E-state index is 0.0394. The molecular formula is C31H46INO4. The summed E-state index contributed by atoms with van der Waals surface area (Å²) in [6.45, 7) is 13.6. The molecule has 0 unspecified atom stereocenters. The number of carbonyl (C=O) groups excluding carboxylic acids is 2. The molecule has 1 aliphatic heterocycles. The van der Waals surface area contributed by atoms with Gasteiger partial charge in [0.05, 0.1) is 5.76 Å². The van der Waals surface area contributed by atoms with Crippen LogP contribution in [-0.2, 0) is 19.1 Å². The van der Waals surface area contributed by atoms with Gasteiger partial charge in [-0.1, -0.05) is 55.0 Å². The van der Waals surface area contributed by atoms with E-state index in [1.807, 2.05) is 0 Å². The third kappa shape index (κ3) is 4.80. The van der Waals surface area contributed by atoms with Gasteiger partial charge in [-0.05, 0) is 86.0 Å². The van der Waals surface area contributed by atoms with E-state index >= 15 is 0 Å². The van der Waals surface area contributed by atoms with Crippen molar-refractivity contribution in [1.29, 1.82) is 0 Å². The number of rotatable bonds is 5. The largest absolute Gasteiger partial charge is 0.494 e. The summed E-state index contributed by atoms with van der Waals surface area (Å²) in [6, 6.07) is 0. The van der Waals surface area contributed by atoms with Crippen molar-refractivity contribution in [1.82, 2.24) is 5.32 Å². The molecule has 5 nitrogen and oxygen atoms in total. The number of hydrogen-bond acceptors (Lipinski definition) is 4. The predicted molar refractivity (Wildman–Crippen MR) is 154 cm³/mol. The minimum Gasteiger partial charge on any atom is -0.494 e. The Labute approximate surface area is 237 Å². The molecule has 0 bridgehead atoms. The average Bonchev–Trinajstić information content (AvgIpc) is 3.31. The van der Waals surface area contributed by atoms with Crippen LogP contribution in [0.1, 0.15) is 92.9 Å². The summed E-state index contributed by atoms with van der Waals surface area (Å²) < 4.78 is 12.8. The van der Waals surface area contributed by atoms with E-state index in [0.29, 0.717) is 33.8 Å². The Morgan fingerprint density at radius 3 is 2.65 bits per heavy atom. The number of carbonyl (C=O) groups is 2. The molecule has 37 heavy (non-hydrogen) atoms. The highest BCUT2D eigenvalue weighted by molar-refractivity contribution is 14.1. The average molecular weight is 624 g/mol. The van der Waals surface area contributed by atoms with Crippen LogP contribution in [0.15, 0.2) is 23.0 Å². The molecule has 206 valence electrons. The number of ether oxygens (including phenoxy) is 2. The summed E-state index contributed by atoms with van der Waals surface area (Å²) in [6.07, 6.45) is 12.0. The van der Waals surface area contributed by atoms with Gasteiger partial charge < -0.3 is 14.8 Å². The highest BCUT2D eigenvalue weighted by Crippen LogP contribution is 2.69. The molecule has 1 heterocycles. The minimum atomic E-state index is -0.145. The molecule has 4 fully saturated rings. The molecule has 0 aromatic rings. The molecule has 6 heteroatoms. The number of fused-ring (bicyclic) bond motifs is 7. The molecule has 0 radical (unpaired) electrons. The quantitative estimate of drug-likeness (QED) is 0.159. The van der Waals surface area contributed by atoms with Gasteiger partial charge in [0.2, 0.25) is 5.91 Å². The molecule has 3 saturated carbocycles. The second-order valence-electron chi connectivity index (χ2n) is 13.4. The fraction of sp³-hybridized carbons (Fsp3) is 0.806. The van der Waals surface area contributed by atoms with Crippen LogP contribution < -0.4 is 5.32 Å². The molecular weight excluding hydrogens is 577 g/mol. The summed E-state index contributed by atoms with van der Waals surface area (Å²) in [7, 11) is 0. The Kier molecular flexibility index (Phi) is 7.56. The van der Waals surface area contributed by atoms with E-state index in [2.05, 4.69) is 61.7 Å². The van der Waals surface area contributed by atoms with E-state index in [9.17, 15) is 9.59 Å². The Morgan fingerprint density at radius 1 is 1.19 bits per heavy atom. The van der Waals surface area contributed by atoms with Gasteiger partial charge in [0, 0.05) is 42.6 Å². The van der Waals surface area contributed by atoms with E-state index in [1.54, 1.807) is 12.5 Å². The van der Waals surface area contributed by atoms with Crippen LogP contribution >= 0.6 is 22.6 Å². The molecule has 4 aliphatic carbocycles. The lowest BCUT2D eigenvalue weighted by molar-refractivity contribution is -0.148. The molecule has 0 spiro atoms. The predicted octanol–water partition coefficient (Wildman–Crippen LogP) is 6.75. The van der Waals surface area contributed by atoms with E-state index in [0.717, 1.165) is 43.4 Å². The number of alkyl halides is 1. The van der Waals surface area contributed by atoms with Gasteiger partial charge in [-0.2, -0.15) is 0 Å². The third-order valence-electron chi connectivity index (χ3n) is 11.2. The van der Waals surface area contributed by atoms with Crippen molar-refractivity contribution < 1.29 is 19.1 Å². The highest BCUT2D eigenvalue weighted by Gasteiger charge is 2.65. The molecule has 5 aliphatic rings. The van der Waals surface area contributed by atoms with Crippen LogP contribution in [-0.4, -0.2) is 34.6 Å². The highest BCUT2D eigenvalue weighted by atomic mass is 127. The number of esters is 1. The lowest BCUT2D eigenvalue weighted by Gasteiger charge is -2.58. The van der Waals surface area contributed by atoms with Gasteiger partial charge in [-0.3, -0.25) is 9.59 Å². The SMILES string of the molecule is CC(=O)NC[C@@H](I)C/C(C)=C1/O[C@@H]2C[C@H]3[C@H]4CC=C5C[C@@H](OC(C)=O)CC[C@]5(C)[C@@H]4CC[C@]3(C)[C@@H]2[C@H]1C. The smallest absolute Gasteiger partial charge is 0.302 e. The summed E-state index contributed by atoms with van der Waals surface area (Å²) in [5, 5.41) is 2.96. The first-order valence-electron chi connectivity index (χ1n) is 14.6. The third-order valence-corrected chi connectivity index (χ3v) is 12.1. The van der Waals surface area contributed by atoms with Crippen molar-refractivity contribution in [2.45, 2.75) is 109 Å². The summed E-state index contributed by atoms with van der Waals surface area (Å²) in [5.74, 6) is 4.40. The van der Waals surface area contributed by atoms with Crippen LogP contribution in [0.25, 0.3) is 0 Å². The number of amides is 1. The van der Waals surface area contributed by atoms with Gasteiger partial charge in [0.25, 0.3) is 0 Å². The Bertz CT molecular complexity index is 1010. The van der Waals surface area contributed by atoms with Gasteiger partial charge in [0.1, 0.15) is 12.2 Å². The molecule has 1 N–H and O–H groups in total. The topological polar surface area (TPSA) is 64.6 Å². The van der Waals surface area contributed by atoms with Gasteiger partial charge in [-0.25, -0.2) is 0 Å². The van der Waals surface area contributed by atoms with Crippen molar-refractivity contribution >= 4 is 34.5 Å². The van der Waals surface area contributed by atoms with Crippen LogP contribution in [0.5, 0.6) is 0 Å². The van der Waals surface area contributed by atoms with Crippen LogP contribution in [0.2, 0.25) is 0 Å². The molecule has 1 amide bonds. The van der Waals surface area contributed by atoms with Gasteiger partial charge >= 0.3 is 5.97 Å². The summed E-state index contributed by atoms with van der Waals surface area (Å²) in [5.41, 5.74) is 3.52. The monoisotopic (exact) mass is 623 g/mol. The van der Waals surface area contributed by atoms with E-state index in [4.69, 9.17) is 9.47 Å². The zero-order valence-electron chi connectivity index (χ0n) is 23.6. The van der Waals surface area contributed by atoms with Crippen LogP contribution in [0.3, 0.4) is 0 Å². The normalized spacial score (nSPS) is 44.3. The van der Waals surface area contributed by atoms with Crippen molar-refractivity contribution in [2.75, 3.05) is 6.54 Å². The lowest BCUT2D eigenvalue weighted by Crippen LogP contribution is -2.51. The number of nitrogens with one attached hydrogen (secondary N) is 1. The number of allylic oxidation sites excluding steroid dienone is 3. The maximum atomic E-state index is 11.6.